The predicted molar refractivity (Wildman–Crippen MR) is 52.4 cm³/mol. The molecule has 10 heteroatoms. The third kappa shape index (κ3) is 19.1. The lowest BCUT2D eigenvalue weighted by Gasteiger charge is -2.08. The van der Waals surface area contributed by atoms with Crippen molar-refractivity contribution in [2.24, 2.45) is 5.73 Å². The number of hydroxylamine groups is 1. The Morgan fingerprint density at radius 2 is 1.88 bits per heavy atom. The van der Waals surface area contributed by atoms with Crippen LogP contribution in [-0.2, 0) is 9.36 Å². The molecule has 0 saturated heterocycles. The lowest BCUT2D eigenvalue weighted by molar-refractivity contribution is -0.142. The van der Waals surface area contributed by atoms with Crippen LogP contribution in [0.15, 0.2) is 0 Å². The summed E-state index contributed by atoms with van der Waals surface area (Å²) in [6.45, 7) is 0.553. The van der Waals surface area contributed by atoms with Gasteiger partial charge in [0.25, 0.3) is 0 Å². The van der Waals surface area contributed by atoms with E-state index in [2.05, 4.69) is 0 Å². The summed E-state index contributed by atoms with van der Waals surface area (Å²) in [5.41, 5.74) is 6.92. The van der Waals surface area contributed by atoms with Gasteiger partial charge in [0, 0.05) is 0 Å². The van der Waals surface area contributed by atoms with Gasteiger partial charge in [0.05, 0.1) is 0 Å². The molecule has 0 bridgehead atoms. The van der Waals surface area contributed by atoms with Crippen LogP contribution in [0, 0.1) is 0 Å². The summed E-state index contributed by atoms with van der Waals surface area (Å²) >= 11 is 0. The van der Waals surface area contributed by atoms with Gasteiger partial charge in [0.15, 0.2) is 0 Å². The molecule has 0 aromatic heterocycles. The second kappa shape index (κ2) is 9.64. The standard InChI is InChI=1S/C6H14N2O3.FH2O3P/c7-4-2-1-3-5(8-11)6(9)10;1-5(2,3)4/h5,8,11H,1-4,7H2,(H,9,10);(H2,2,3,4)/t5-;/m0./s1. The third-order valence-corrected chi connectivity index (χ3v) is 1.40. The average molecular weight is 262 g/mol. The molecule has 16 heavy (non-hydrogen) atoms. The molecule has 0 spiro atoms. The summed E-state index contributed by atoms with van der Waals surface area (Å²) in [5.74, 6) is -1.04. The fourth-order valence-electron chi connectivity index (χ4n) is 0.736. The highest BCUT2D eigenvalue weighted by molar-refractivity contribution is 7.45. The van der Waals surface area contributed by atoms with Gasteiger partial charge in [0.2, 0.25) is 0 Å². The van der Waals surface area contributed by atoms with E-state index in [9.17, 15) is 8.99 Å². The molecule has 98 valence electrons. The monoisotopic (exact) mass is 262 g/mol. The fourth-order valence-corrected chi connectivity index (χ4v) is 0.736. The highest BCUT2D eigenvalue weighted by Gasteiger charge is 2.14. The van der Waals surface area contributed by atoms with Crippen LogP contribution in [0.1, 0.15) is 19.3 Å². The van der Waals surface area contributed by atoms with Crippen LogP contribution in [-0.4, -0.2) is 38.7 Å². The number of carboxylic acids is 1. The van der Waals surface area contributed by atoms with Crippen LogP contribution in [0.4, 0.5) is 4.20 Å². The van der Waals surface area contributed by atoms with Crippen molar-refractivity contribution in [1.82, 2.24) is 5.48 Å². The second-order valence-electron chi connectivity index (χ2n) is 2.78. The van der Waals surface area contributed by atoms with E-state index in [1.54, 1.807) is 5.48 Å². The molecule has 0 aromatic rings. The summed E-state index contributed by atoms with van der Waals surface area (Å²) in [4.78, 5) is 24.2. The van der Waals surface area contributed by atoms with E-state index >= 15 is 0 Å². The van der Waals surface area contributed by atoms with Crippen LogP contribution < -0.4 is 11.2 Å². The lowest BCUT2D eigenvalue weighted by Crippen LogP contribution is -2.34. The van der Waals surface area contributed by atoms with Crippen LogP contribution >= 0.6 is 7.91 Å². The second-order valence-corrected chi connectivity index (χ2v) is 3.72. The summed E-state index contributed by atoms with van der Waals surface area (Å²) in [7, 11) is -5.14. The van der Waals surface area contributed by atoms with Crippen LogP contribution in [0.3, 0.4) is 0 Å². The summed E-state index contributed by atoms with van der Waals surface area (Å²) in [5, 5.41) is 16.8. The number of hydrogen-bond donors (Lipinski definition) is 6. The molecule has 0 heterocycles. The molecule has 0 aromatic carbocycles. The maximum absolute atomic E-state index is 10.4. The zero-order chi connectivity index (χ0) is 13.2. The van der Waals surface area contributed by atoms with E-state index in [4.69, 9.17) is 30.4 Å². The average Bonchev–Trinajstić information content (AvgIpc) is 2.09. The van der Waals surface area contributed by atoms with E-state index in [1.807, 2.05) is 0 Å². The number of halogens is 1. The normalized spacial score (nSPS) is 12.6. The number of rotatable bonds is 6. The van der Waals surface area contributed by atoms with Crippen molar-refractivity contribution in [2.75, 3.05) is 6.54 Å². The zero-order valence-corrected chi connectivity index (χ0v) is 9.31. The maximum atomic E-state index is 10.4. The first-order valence-corrected chi connectivity index (χ1v) is 5.80. The van der Waals surface area contributed by atoms with E-state index < -0.39 is 19.9 Å². The van der Waals surface area contributed by atoms with Crippen LogP contribution in [0.25, 0.3) is 0 Å². The largest absolute Gasteiger partial charge is 0.507 e. The number of nitrogens with one attached hydrogen (secondary N) is 1. The fraction of sp³-hybridized carbons (Fsp3) is 0.833. The molecule has 0 amide bonds. The molecule has 8 nitrogen and oxygen atoms in total. The topological polar surface area (TPSA) is 153 Å². The quantitative estimate of drug-likeness (QED) is 0.214. The Labute approximate surface area is 91.5 Å². The first kappa shape index (κ1) is 17.8. The van der Waals surface area contributed by atoms with Gasteiger partial charge in [-0.1, -0.05) is 0 Å². The lowest BCUT2D eigenvalue weighted by atomic mass is 10.1. The summed E-state index contributed by atoms with van der Waals surface area (Å²) in [6.07, 6.45) is 1.90. The number of unbranched alkanes of at least 4 members (excludes halogenated alkanes) is 1. The van der Waals surface area contributed by atoms with Crippen molar-refractivity contribution in [3.63, 3.8) is 0 Å². The minimum Gasteiger partial charge on any atom is -0.480 e. The molecular formula is C6H16FN2O6P. The van der Waals surface area contributed by atoms with Crippen molar-refractivity contribution in [3.05, 3.63) is 0 Å². The van der Waals surface area contributed by atoms with Gasteiger partial charge in [-0.2, -0.15) is 5.48 Å². The maximum Gasteiger partial charge on any atom is 0.507 e. The van der Waals surface area contributed by atoms with Gasteiger partial charge in [-0.15, -0.1) is 4.20 Å². The van der Waals surface area contributed by atoms with Crippen LogP contribution in [0.2, 0.25) is 0 Å². The van der Waals surface area contributed by atoms with Gasteiger partial charge < -0.3 is 16.0 Å². The SMILES string of the molecule is NCCCC[C@H](NO)C(=O)O.O=P(O)(O)F. The predicted octanol–water partition coefficient (Wildman–Crippen LogP) is -0.404. The number of hydrogen-bond acceptors (Lipinski definition) is 5. The van der Waals surface area contributed by atoms with Crippen molar-refractivity contribution < 1.29 is 33.7 Å². The molecule has 0 radical (unpaired) electrons. The zero-order valence-electron chi connectivity index (χ0n) is 8.41. The molecule has 0 saturated carbocycles. The summed E-state index contributed by atoms with van der Waals surface area (Å²) < 4.78 is 19.0. The van der Waals surface area contributed by atoms with Gasteiger partial charge in [-0.05, 0) is 25.8 Å². The molecule has 1 atom stereocenters. The smallest absolute Gasteiger partial charge is 0.480 e. The number of aliphatic carboxylic acids is 1. The number of carbonyl (C=O) groups is 1. The Hall–Kier alpha value is -0.570. The Bertz CT molecular complexity index is 227. The minimum atomic E-state index is -5.14. The van der Waals surface area contributed by atoms with Gasteiger partial charge in [-0.3, -0.25) is 14.6 Å². The van der Waals surface area contributed by atoms with E-state index in [0.29, 0.717) is 19.4 Å². The van der Waals surface area contributed by atoms with Crippen molar-refractivity contribution in [1.29, 1.82) is 0 Å². The molecule has 0 aliphatic carbocycles. The first-order valence-electron chi connectivity index (χ1n) is 4.30. The van der Waals surface area contributed by atoms with Crippen molar-refractivity contribution >= 4 is 13.9 Å². The van der Waals surface area contributed by atoms with Crippen molar-refractivity contribution in [2.45, 2.75) is 25.3 Å². The Kier molecular flexibility index (Phi) is 10.7. The molecule has 0 rings (SSSR count). The van der Waals surface area contributed by atoms with Gasteiger partial charge in [0.1, 0.15) is 6.04 Å². The number of nitrogens with two attached hydrogens (primary N) is 1. The van der Waals surface area contributed by atoms with Crippen molar-refractivity contribution in [3.8, 4) is 0 Å². The molecule has 0 aliphatic heterocycles. The Morgan fingerprint density at radius 1 is 1.44 bits per heavy atom. The van der Waals surface area contributed by atoms with Crippen LogP contribution in [0.5, 0.6) is 0 Å². The van der Waals surface area contributed by atoms with E-state index in [-0.39, 0.29) is 0 Å². The highest BCUT2D eigenvalue weighted by Crippen LogP contribution is 2.34. The Morgan fingerprint density at radius 3 is 2.12 bits per heavy atom. The minimum absolute atomic E-state index is 0.406. The first-order chi connectivity index (χ1) is 7.22. The molecule has 0 fully saturated rings. The number of carboxylic acid groups (broad SMARTS) is 1. The molecule has 7 N–H and O–H groups in total. The van der Waals surface area contributed by atoms with Gasteiger partial charge in [-0.25, -0.2) is 4.57 Å². The third-order valence-electron chi connectivity index (χ3n) is 1.40. The highest BCUT2D eigenvalue weighted by atomic mass is 31.2. The Balaban J connectivity index is 0. The molecule has 0 unspecified atom stereocenters. The molecular weight excluding hydrogens is 246 g/mol. The van der Waals surface area contributed by atoms with E-state index in [1.165, 1.54) is 0 Å². The molecule has 0 aliphatic rings. The summed E-state index contributed by atoms with van der Waals surface area (Å²) in [6, 6.07) is -0.860. The van der Waals surface area contributed by atoms with E-state index in [0.717, 1.165) is 6.42 Å². The van der Waals surface area contributed by atoms with Gasteiger partial charge >= 0.3 is 13.9 Å².